The molecule has 0 saturated carbocycles. The van der Waals surface area contributed by atoms with Gasteiger partial charge in [0.2, 0.25) is 0 Å². The minimum absolute atomic E-state index is 0.480. The molecule has 0 aliphatic carbocycles. The summed E-state index contributed by atoms with van der Waals surface area (Å²) in [5.41, 5.74) is 7.69. The van der Waals surface area contributed by atoms with Crippen LogP contribution in [0.1, 0.15) is 54.3 Å². The predicted octanol–water partition coefficient (Wildman–Crippen LogP) is 4.86. The van der Waals surface area contributed by atoms with Gasteiger partial charge in [-0.05, 0) is 79.5 Å². The van der Waals surface area contributed by atoms with Crippen LogP contribution < -0.4 is 5.32 Å². The molecule has 0 radical (unpaired) electrons. The van der Waals surface area contributed by atoms with E-state index in [0.717, 1.165) is 38.2 Å². The van der Waals surface area contributed by atoms with E-state index >= 15 is 0 Å². The maximum absolute atomic E-state index is 5.60. The average Bonchev–Trinajstić information content (AvgIpc) is 3.38. The number of nitrogens with one attached hydrogen (secondary N) is 2. The van der Waals surface area contributed by atoms with Gasteiger partial charge in [0.1, 0.15) is 5.65 Å². The van der Waals surface area contributed by atoms with Gasteiger partial charge in [-0.3, -0.25) is 0 Å². The molecule has 2 N–H and O–H groups in total. The summed E-state index contributed by atoms with van der Waals surface area (Å²) in [7, 11) is 0. The number of H-pyrrole nitrogens is 1. The maximum atomic E-state index is 5.60. The van der Waals surface area contributed by atoms with Crippen LogP contribution in [-0.2, 0) is 4.74 Å². The summed E-state index contributed by atoms with van der Waals surface area (Å²) < 4.78 is 5.60. The van der Waals surface area contributed by atoms with Crippen LogP contribution in [0.5, 0.6) is 0 Å². The minimum atomic E-state index is 0.480. The highest BCUT2D eigenvalue weighted by atomic mass is 16.5. The topological polar surface area (TPSA) is 49.9 Å². The fraction of sp³-hybridized carbons (Fsp3) is 0.435. The minimum Gasteiger partial charge on any atom is -0.381 e. The number of fused-ring (bicyclic) bond motifs is 1. The van der Waals surface area contributed by atoms with E-state index in [2.05, 4.69) is 46.5 Å². The molecule has 0 amide bonds. The zero-order valence-electron chi connectivity index (χ0n) is 15.9. The normalized spacial score (nSPS) is 21.1. The van der Waals surface area contributed by atoms with Gasteiger partial charge in [-0.15, -0.1) is 0 Å². The second kappa shape index (κ2) is 7.10. The summed E-state index contributed by atoms with van der Waals surface area (Å²) in [5.74, 6) is 0.623. The lowest BCUT2D eigenvalue weighted by Crippen LogP contribution is -2.19. The molecule has 4 heterocycles. The fourth-order valence-corrected chi connectivity index (χ4v) is 4.68. The number of aromatic amines is 1. The largest absolute Gasteiger partial charge is 0.381 e. The van der Waals surface area contributed by atoms with E-state index in [0.29, 0.717) is 12.0 Å². The van der Waals surface area contributed by atoms with Crippen molar-refractivity contribution >= 4 is 11.0 Å². The molecule has 2 aliphatic heterocycles. The maximum Gasteiger partial charge on any atom is 0.137 e. The number of aromatic nitrogens is 2. The van der Waals surface area contributed by atoms with E-state index in [-0.39, 0.29) is 0 Å². The summed E-state index contributed by atoms with van der Waals surface area (Å²) >= 11 is 0. The van der Waals surface area contributed by atoms with Crippen molar-refractivity contribution in [2.45, 2.75) is 44.6 Å². The molecule has 5 rings (SSSR count). The van der Waals surface area contributed by atoms with Crippen LogP contribution in [0.3, 0.4) is 0 Å². The number of hydrogen-bond donors (Lipinski definition) is 2. The second-order valence-electron chi connectivity index (χ2n) is 7.97. The number of rotatable bonds is 3. The Bertz CT molecular complexity index is 949. The van der Waals surface area contributed by atoms with E-state index < -0.39 is 0 Å². The van der Waals surface area contributed by atoms with Crippen molar-refractivity contribution < 1.29 is 4.74 Å². The number of benzene rings is 1. The van der Waals surface area contributed by atoms with Gasteiger partial charge in [0.25, 0.3) is 0 Å². The molecule has 2 aromatic heterocycles. The highest BCUT2D eigenvalue weighted by Crippen LogP contribution is 2.37. The smallest absolute Gasteiger partial charge is 0.137 e. The van der Waals surface area contributed by atoms with Crippen LogP contribution in [0.25, 0.3) is 22.2 Å². The third kappa shape index (κ3) is 3.17. The zero-order chi connectivity index (χ0) is 18.2. The second-order valence-corrected chi connectivity index (χ2v) is 7.97. The van der Waals surface area contributed by atoms with Crippen LogP contribution in [0, 0.1) is 6.92 Å². The molecule has 0 unspecified atom stereocenters. The lowest BCUT2D eigenvalue weighted by atomic mass is 9.84. The summed E-state index contributed by atoms with van der Waals surface area (Å²) in [6.07, 6.45) is 8.79. The first-order chi connectivity index (χ1) is 13.3. The third-order valence-corrected chi connectivity index (χ3v) is 6.25. The summed E-state index contributed by atoms with van der Waals surface area (Å²) in [6, 6.07) is 9.82. The molecule has 1 aromatic carbocycles. The van der Waals surface area contributed by atoms with Gasteiger partial charge in [0.15, 0.2) is 0 Å². The Balaban J connectivity index is 1.57. The van der Waals surface area contributed by atoms with Gasteiger partial charge < -0.3 is 15.0 Å². The van der Waals surface area contributed by atoms with Gasteiger partial charge in [0.05, 0.1) is 0 Å². The Kier molecular flexibility index (Phi) is 4.46. The number of ether oxygens (including phenoxy) is 1. The molecule has 140 valence electrons. The summed E-state index contributed by atoms with van der Waals surface area (Å²) in [4.78, 5) is 7.87. The van der Waals surface area contributed by atoms with Crippen molar-refractivity contribution in [2.75, 3.05) is 19.8 Å². The third-order valence-electron chi connectivity index (χ3n) is 6.25. The van der Waals surface area contributed by atoms with Crippen LogP contribution in [0.15, 0.2) is 36.7 Å². The molecule has 3 aromatic rings. The van der Waals surface area contributed by atoms with Crippen LogP contribution in [0.4, 0.5) is 0 Å². The summed E-state index contributed by atoms with van der Waals surface area (Å²) in [5, 5.41) is 4.92. The Hall–Kier alpha value is -2.17. The molecule has 0 bridgehead atoms. The molecular weight excluding hydrogens is 334 g/mol. The lowest BCUT2D eigenvalue weighted by molar-refractivity contribution is 0.0851. The monoisotopic (exact) mass is 361 g/mol. The quantitative estimate of drug-likeness (QED) is 0.701. The van der Waals surface area contributed by atoms with Crippen LogP contribution in [-0.4, -0.2) is 29.7 Å². The molecule has 2 saturated heterocycles. The van der Waals surface area contributed by atoms with Crippen molar-refractivity contribution in [3.63, 3.8) is 0 Å². The van der Waals surface area contributed by atoms with Gasteiger partial charge >= 0.3 is 0 Å². The SMILES string of the molecule is Cc1c[nH]c2ncc(-c3ccc(C4CCOCC4)c([C@@H]4CCCN4)c3)cc12. The molecule has 4 nitrogen and oxygen atoms in total. The molecule has 4 heteroatoms. The van der Waals surface area contributed by atoms with Crippen molar-refractivity contribution in [2.24, 2.45) is 0 Å². The highest BCUT2D eigenvalue weighted by molar-refractivity contribution is 5.84. The molecule has 0 spiro atoms. The van der Waals surface area contributed by atoms with Crippen LogP contribution >= 0.6 is 0 Å². The van der Waals surface area contributed by atoms with E-state index in [4.69, 9.17) is 4.74 Å². The Morgan fingerprint density at radius 2 is 1.93 bits per heavy atom. The first-order valence-electron chi connectivity index (χ1n) is 10.2. The van der Waals surface area contributed by atoms with Crippen molar-refractivity contribution in [1.29, 1.82) is 0 Å². The standard InChI is InChI=1S/C23H27N3O/c1-15-13-25-23-20(15)12-18(14-26-23)17-4-5-19(16-6-9-27-10-7-16)21(11-17)22-3-2-8-24-22/h4-5,11-14,16,22,24H,2-3,6-10H2,1H3,(H,25,26)/t22-/m0/s1. The van der Waals surface area contributed by atoms with Gasteiger partial charge in [-0.2, -0.15) is 0 Å². The summed E-state index contributed by atoms with van der Waals surface area (Å²) in [6.45, 7) is 5.03. The Labute approximate surface area is 160 Å². The molecule has 1 atom stereocenters. The number of pyridine rings is 1. The van der Waals surface area contributed by atoms with Gasteiger partial charge in [0, 0.05) is 42.6 Å². The van der Waals surface area contributed by atoms with Gasteiger partial charge in [-0.25, -0.2) is 4.98 Å². The molecule has 2 fully saturated rings. The van der Waals surface area contributed by atoms with E-state index in [1.807, 2.05) is 12.4 Å². The molecule has 27 heavy (non-hydrogen) atoms. The zero-order valence-corrected chi connectivity index (χ0v) is 15.9. The number of hydrogen-bond acceptors (Lipinski definition) is 3. The first-order valence-corrected chi connectivity index (χ1v) is 10.2. The van der Waals surface area contributed by atoms with E-state index in [1.54, 1.807) is 0 Å². The number of nitrogens with zero attached hydrogens (tertiary/aromatic N) is 1. The average molecular weight is 361 g/mol. The van der Waals surface area contributed by atoms with Crippen molar-refractivity contribution in [3.8, 4) is 11.1 Å². The van der Waals surface area contributed by atoms with Gasteiger partial charge in [-0.1, -0.05) is 12.1 Å². The Morgan fingerprint density at radius 1 is 1.04 bits per heavy atom. The first kappa shape index (κ1) is 17.0. The fourth-order valence-electron chi connectivity index (χ4n) is 4.68. The van der Waals surface area contributed by atoms with Crippen LogP contribution in [0.2, 0.25) is 0 Å². The molecular formula is C23H27N3O. The highest BCUT2D eigenvalue weighted by Gasteiger charge is 2.25. The number of aryl methyl sites for hydroxylation is 1. The Morgan fingerprint density at radius 3 is 2.74 bits per heavy atom. The van der Waals surface area contributed by atoms with Crippen molar-refractivity contribution in [3.05, 3.63) is 53.3 Å². The lowest BCUT2D eigenvalue weighted by Gasteiger charge is -2.27. The van der Waals surface area contributed by atoms with E-state index in [9.17, 15) is 0 Å². The predicted molar refractivity (Wildman–Crippen MR) is 109 cm³/mol. The van der Waals surface area contributed by atoms with Crippen molar-refractivity contribution in [1.82, 2.24) is 15.3 Å². The molecule has 2 aliphatic rings. The van der Waals surface area contributed by atoms with E-state index in [1.165, 1.54) is 46.0 Å².